The van der Waals surface area contributed by atoms with E-state index < -0.39 is 10.0 Å². The fourth-order valence-electron chi connectivity index (χ4n) is 2.32. The molecule has 126 valence electrons. The van der Waals surface area contributed by atoms with Gasteiger partial charge in [0.05, 0.1) is 18.4 Å². The van der Waals surface area contributed by atoms with E-state index in [4.69, 9.17) is 0 Å². The van der Waals surface area contributed by atoms with Crippen LogP contribution in [0.5, 0.6) is 0 Å². The molecular weight excluding hydrogens is 326 g/mol. The molecule has 0 saturated carbocycles. The molecule has 3 rings (SSSR count). The fourth-order valence-corrected chi connectivity index (χ4v) is 3.52. The van der Waals surface area contributed by atoms with Crippen LogP contribution in [0.25, 0.3) is 0 Å². The van der Waals surface area contributed by atoms with Gasteiger partial charge in [0, 0.05) is 19.3 Å². The number of aryl methyl sites for hydroxylation is 2. The average Bonchev–Trinajstić information content (AvgIpc) is 3.09. The lowest BCUT2D eigenvalue weighted by molar-refractivity contribution is 0.599. The summed E-state index contributed by atoms with van der Waals surface area (Å²) >= 11 is 0. The van der Waals surface area contributed by atoms with Crippen LogP contribution in [0.2, 0.25) is 0 Å². The van der Waals surface area contributed by atoms with Crippen molar-refractivity contribution in [1.82, 2.24) is 19.6 Å². The quantitative estimate of drug-likeness (QED) is 0.767. The maximum Gasteiger partial charge on any atom is 0.266 e. The fraction of sp³-hybridized carbons (Fsp3) is 0.250. The zero-order valence-electron chi connectivity index (χ0n) is 13.8. The van der Waals surface area contributed by atoms with Crippen molar-refractivity contribution in [2.24, 2.45) is 7.05 Å². The van der Waals surface area contributed by atoms with E-state index in [1.165, 1.54) is 16.4 Å². The standard InChI is InChI=1S/C16H19N5O2S/c1-12-4-6-14(7-5-12)11-21-9-8-16(18-21)19-24(22,23)15-10-17-20(3)13(15)2/h4-10H,11H2,1-3H3,(H,18,19). The van der Waals surface area contributed by atoms with E-state index in [0.717, 1.165) is 5.56 Å². The third-order valence-electron chi connectivity index (χ3n) is 3.82. The molecule has 7 nitrogen and oxygen atoms in total. The molecule has 0 unspecified atom stereocenters. The van der Waals surface area contributed by atoms with Gasteiger partial charge in [0.25, 0.3) is 10.0 Å². The van der Waals surface area contributed by atoms with Crippen LogP contribution in [0.4, 0.5) is 5.82 Å². The summed E-state index contributed by atoms with van der Waals surface area (Å²) in [5.74, 6) is 0.283. The molecule has 0 spiro atoms. The number of anilines is 1. The molecule has 0 radical (unpaired) electrons. The Labute approximate surface area is 141 Å². The molecule has 2 heterocycles. The Hall–Kier alpha value is -2.61. The lowest BCUT2D eigenvalue weighted by atomic mass is 10.1. The molecule has 0 fully saturated rings. The molecule has 8 heteroatoms. The van der Waals surface area contributed by atoms with Crippen molar-refractivity contribution in [1.29, 1.82) is 0 Å². The SMILES string of the molecule is Cc1ccc(Cn2ccc(NS(=O)(=O)c3cnn(C)c3C)n2)cc1. The molecule has 2 aromatic heterocycles. The summed E-state index contributed by atoms with van der Waals surface area (Å²) in [6, 6.07) is 9.76. The van der Waals surface area contributed by atoms with Gasteiger partial charge in [0.1, 0.15) is 4.90 Å². The van der Waals surface area contributed by atoms with E-state index in [1.54, 1.807) is 30.9 Å². The Bertz CT molecular complexity index is 955. The number of benzene rings is 1. The highest BCUT2D eigenvalue weighted by molar-refractivity contribution is 7.92. The molecule has 0 atom stereocenters. The molecule has 0 bridgehead atoms. The van der Waals surface area contributed by atoms with Crippen LogP contribution in [0.15, 0.2) is 47.6 Å². The van der Waals surface area contributed by atoms with Gasteiger partial charge in [-0.25, -0.2) is 8.42 Å². The molecule has 0 aliphatic carbocycles. The normalized spacial score (nSPS) is 11.6. The maximum atomic E-state index is 12.4. The van der Waals surface area contributed by atoms with E-state index in [0.29, 0.717) is 12.2 Å². The minimum atomic E-state index is -3.70. The van der Waals surface area contributed by atoms with Crippen molar-refractivity contribution in [3.63, 3.8) is 0 Å². The molecule has 24 heavy (non-hydrogen) atoms. The molecule has 0 saturated heterocycles. The summed E-state index contributed by atoms with van der Waals surface area (Å²) in [4.78, 5) is 0.151. The van der Waals surface area contributed by atoms with Gasteiger partial charge in [-0.3, -0.25) is 14.1 Å². The smallest absolute Gasteiger partial charge is 0.266 e. The van der Waals surface area contributed by atoms with Crippen molar-refractivity contribution >= 4 is 15.8 Å². The number of sulfonamides is 1. The van der Waals surface area contributed by atoms with Gasteiger partial charge in [-0.1, -0.05) is 29.8 Å². The first-order chi connectivity index (χ1) is 11.3. The first-order valence-electron chi connectivity index (χ1n) is 7.45. The van der Waals surface area contributed by atoms with Crippen molar-refractivity contribution in [2.75, 3.05) is 4.72 Å². The van der Waals surface area contributed by atoms with Gasteiger partial charge in [-0.2, -0.15) is 10.2 Å². The summed E-state index contributed by atoms with van der Waals surface area (Å²) in [5, 5.41) is 8.24. The number of nitrogens with one attached hydrogen (secondary N) is 1. The topological polar surface area (TPSA) is 81.8 Å². The van der Waals surface area contributed by atoms with Crippen molar-refractivity contribution in [3.05, 3.63) is 59.5 Å². The minimum absolute atomic E-state index is 0.151. The molecule has 0 aliphatic heterocycles. The highest BCUT2D eigenvalue weighted by Gasteiger charge is 2.21. The molecule has 3 aromatic rings. The first-order valence-corrected chi connectivity index (χ1v) is 8.94. The van der Waals surface area contributed by atoms with E-state index >= 15 is 0 Å². The third kappa shape index (κ3) is 3.33. The molecular formula is C16H19N5O2S. The summed E-state index contributed by atoms with van der Waals surface area (Å²) in [7, 11) is -2.00. The van der Waals surface area contributed by atoms with Crippen LogP contribution in [0.3, 0.4) is 0 Å². The van der Waals surface area contributed by atoms with Crippen LogP contribution >= 0.6 is 0 Å². The zero-order chi connectivity index (χ0) is 17.3. The second-order valence-electron chi connectivity index (χ2n) is 5.71. The Morgan fingerprint density at radius 1 is 1.12 bits per heavy atom. The minimum Gasteiger partial charge on any atom is -0.272 e. The van der Waals surface area contributed by atoms with E-state index in [2.05, 4.69) is 14.9 Å². The van der Waals surface area contributed by atoms with Gasteiger partial charge >= 0.3 is 0 Å². The van der Waals surface area contributed by atoms with Gasteiger partial charge in [0.2, 0.25) is 0 Å². The first kappa shape index (κ1) is 16.3. The number of hydrogen-bond acceptors (Lipinski definition) is 4. The predicted octanol–water partition coefficient (Wildman–Crippen LogP) is 2.08. The van der Waals surface area contributed by atoms with Crippen LogP contribution < -0.4 is 4.72 Å². The lowest BCUT2D eigenvalue weighted by Gasteiger charge is -2.05. The maximum absolute atomic E-state index is 12.4. The summed E-state index contributed by atoms with van der Waals surface area (Å²) < 4.78 is 30.6. The van der Waals surface area contributed by atoms with Gasteiger partial charge in [-0.05, 0) is 19.4 Å². The number of nitrogens with zero attached hydrogens (tertiary/aromatic N) is 4. The van der Waals surface area contributed by atoms with E-state index in [-0.39, 0.29) is 10.7 Å². The van der Waals surface area contributed by atoms with Crippen LogP contribution in [-0.4, -0.2) is 28.0 Å². The average molecular weight is 345 g/mol. The summed E-state index contributed by atoms with van der Waals surface area (Å²) in [6.07, 6.45) is 3.08. The van der Waals surface area contributed by atoms with Crippen molar-refractivity contribution in [2.45, 2.75) is 25.3 Å². The number of rotatable bonds is 5. The van der Waals surface area contributed by atoms with Crippen LogP contribution in [0, 0.1) is 13.8 Å². The Morgan fingerprint density at radius 2 is 1.83 bits per heavy atom. The second kappa shape index (κ2) is 6.12. The second-order valence-corrected chi connectivity index (χ2v) is 7.36. The molecule has 0 aliphatic rings. The van der Waals surface area contributed by atoms with Gasteiger partial charge in [-0.15, -0.1) is 0 Å². The van der Waals surface area contributed by atoms with E-state index in [9.17, 15) is 8.42 Å². The van der Waals surface area contributed by atoms with Crippen LogP contribution in [0.1, 0.15) is 16.8 Å². The lowest BCUT2D eigenvalue weighted by Crippen LogP contribution is -2.14. The molecule has 1 aromatic carbocycles. The molecule has 1 N–H and O–H groups in total. The van der Waals surface area contributed by atoms with E-state index in [1.807, 2.05) is 31.2 Å². The highest BCUT2D eigenvalue weighted by atomic mass is 32.2. The van der Waals surface area contributed by atoms with Gasteiger partial charge in [0.15, 0.2) is 5.82 Å². The number of hydrogen-bond donors (Lipinski definition) is 1. The Morgan fingerprint density at radius 3 is 2.46 bits per heavy atom. The van der Waals surface area contributed by atoms with Crippen LogP contribution in [-0.2, 0) is 23.6 Å². The third-order valence-corrected chi connectivity index (χ3v) is 5.28. The predicted molar refractivity (Wildman–Crippen MR) is 91.3 cm³/mol. The zero-order valence-corrected chi connectivity index (χ0v) is 14.6. The Kier molecular flexibility index (Phi) is 4.15. The monoisotopic (exact) mass is 345 g/mol. The molecule has 0 amide bonds. The largest absolute Gasteiger partial charge is 0.272 e. The number of aromatic nitrogens is 4. The summed E-state index contributed by atoms with van der Waals surface area (Å²) in [5.41, 5.74) is 2.86. The van der Waals surface area contributed by atoms with Crippen molar-refractivity contribution in [3.8, 4) is 0 Å². The van der Waals surface area contributed by atoms with Gasteiger partial charge < -0.3 is 0 Å². The van der Waals surface area contributed by atoms with Crippen molar-refractivity contribution < 1.29 is 8.42 Å². The summed E-state index contributed by atoms with van der Waals surface area (Å²) in [6.45, 7) is 4.32. The highest BCUT2D eigenvalue weighted by Crippen LogP contribution is 2.17. The Balaban J connectivity index is 1.76.